The zero-order chi connectivity index (χ0) is 11.7. The summed E-state index contributed by atoms with van der Waals surface area (Å²) in [6.07, 6.45) is 3.25. The molecule has 0 fully saturated rings. The van der Waals surface area contributed by atoms with Gasteiger partial charge in [-0.3, -0.25) is 0 Å². The van der Waals surface area contributed by atoms with E-state index in [1.807, 2.05) is 23.6 Å². The first-order valence-corrected chi connectivity index (χ1v) is 6.53. The number of fused-ring (bicyclic) bond motifs is 1. The molecular weight excluding hydrogens is 234 g/mol. The number of aliphatic hydroxyl groups excluding tert-OH is 1. The Morgan fingerprint density at radius 2 is 2.41 bits per heavy atom. The quantitative estimate of drug-likeness (QED) is 0.906. The minimum Gasteiger partial charge on any atom is -0.486 e. The number of nitrogens with zero attached hydrogens (tertiary/aromatic N) is 1. The summed E-state index contributed by atoms with van der Waals surface area (Å²) in [5, 5.41) is 12.6. The number of aliphatic hydroxyl groups is 1. The summed E-state index contributed by atoms with van der Waals surface area (Å²) in [6.45, 7) is 0.513. The molecule has 1 atom stereocenters. The smallest absolute Gasteiger partial charge is 0.140 e. The molecule has 0 amide bonds. The van der Waals surface area contributed by atoms with Crippen molar-refractivity contribution in [2.24, 2.45) is 0 Å². The summed E-state index contributed by atoms with van der Waals surface area (Å²) in [5.41, 5.74) is 2.25. The predicted molar refractivity (Wildman–Crippen MR) is 66.2 cm³/mol. The molecule has 0 saturated heterocycles. The molecule has 0 spiro atoms. The third-order valence-electron chi connectivity index (χ3n) is 3.01. The Morgan fingerprint density at radius 1 is 1.47 bits per heavy atom. The van der Waals surface area contributed by atoms with Crippen LogP contribution >= 0.6 is 11.3 Å². The van der Waals surface area contributed by atoms with Crippen LogP contribution in [-0.4, -0.2) is 10.1 Å². The van der Waals surface area contributed by atoms with Crippen molar-refractivity contribution in [2.75, 3.05) is 0 Å². The highest BCUT2D eigenvalue weighted by molar-refractivity contribution is 7.09. The molecule has 17 heavy (non-hydrogen) atoms. The van der Waals surface area contributed by atoms with Gasteiger partial charge in [-0.2, -0.15) is 0 Å². The number of thiazole rings is 1. The van der Waals surface area contributed by atoms with Gasteiger partial charge in [0.25, 0.3) is 0 Å². The lowest BCUT2D eigenvalue weighted by molar-refractivity contribution is 0.180. The van der Waals surface area contributed by atoms with E-state index in [0.29, 0.717) is 6.61 Å². The van der Waals surface area contributed by atoms with Crippen molar-refractivity contribution in [1.29, 1.82) is 0 Å². The predicted octanol–water partition coefficient (Wildman–Crippen LogP) is 2.70. The largest absolute Gasteiger partial charge is 0.486 e. The standard InChI is InChI=1S/C13H13NO2S/c15-12-4-1-9-7-10(2-3-11(9)12)16-8-13-14-5-6-17-13/h2-3,5-7,12,15H,1,4,8H2/t12-/m0/s1. The lowest BCUT2D eigenvalue weighted by Gasteiger charge is -2.07. The van der Waals surface area contributed by atoms with Crippen LogP contribution in [0.3, 0.4) is 0 Å². The molecule has 0 bridgehead atoms. The second kappa shape index (κ2) is 4.47. The number of rotatable bonds is 3. The van der Waals surface area contributed by atoms with Crippen LogP contribution in [-0.2, 0) is 13.0 Å². The summed E-state index contributed by atoms with van der Waals surface area (Å²) < 4.78 is 5.68. The molecule has 88 valence electrons. The first-order valence-electron chi connectivity index (χ1n) is 5.65. The number of ether oxygens (including phenoxy) is 1. The fourth-order valence-corrected chi connectivity index (χ4v) is 2.66. The maximum Gasteiger partial charge on any atom is 0.140 e. The van der Waals surface area contributed by atoms with Crippen LogP contribution in [0.25, 0.3) is 0 Å². The van der Waals surface area contributed by atoms with E-state index in [0.717, 1.165) is 29.2 Å². The lowest BCUT2D eigenvalue weighted by Crippen LogP contribution is -1.96. The van der Waals surface area contributed by atoms with E-state index in [-0.39, 0.29) is 6.10 Å². The molecule has 3 nitrogen and oxygen atoms in total. The van der Waals surface area contributed by atoms with Crippen LogP contribution in [0.4, 0.5) is 0 Å². The molecule has 0 saturated carbocycles. The van der Waals surface area contributed by atoms with Crippen LogP contribution < -0.4 is 4.74 Å². The molecule has 1 aromatic heterocycles. The number of aromatic nitrogens is 1. The monoisotopic (exact) mass is 247 g/mol. The van der Waals surface area contributed by atoms with Crippen molar-refractivity contribution >= 4 is 11.3 Å². The SMILES string of the molecule is O[C@H]1CCc2cc(OCc3nccs3)ccc21. The Bertz CT molecular complexity index is 510. The Morgan fingerprint density at radius 3 is 3.24 bits per heavy atom. The van der Waals surface area contributed by atoms with Gasteiger partial charge in [0.2, 0.25) is 0 Å². The molecule has 1 N–H and O–H groups in total. The lowest BCUT2D eigenvalue weighted by atomic mass is 10.1. The Hall–Kier alpha value is -1.39. The van der Waals surface area contributed by atoms with Gasteiger partial charge in [-0.15, -0.1) is 11.3 Å². The first-order chi connectivity index (χ1) is 8.33. The Labute approximate surface area is 104 Å². The fraction of sp³-hybridized carbons (Fsp3) is 0.308. The van der Waals surface area contributed by atoms with Crippen molar-refractivity contribution in [3.63, 3.8) is 0 Å². The summed E-state index contributed by atoms with van der Waals surface area (Å²) >= 11 is 1.59. The molecule has 3 rings (SSSR count). The average Bonchev–Trinajstić information content (AvgIpc) is 2.97. The minimum absolute atomic E-state index is 0.294. The molecule has 4 heteroatoms. The minimum atomic E-state index is -0.294. The van der Waals surface area contributed by atoms with Crippen LogP contribution in [0.5, 0.6) is 5.75 Å². The van der Waals surface area contributed by atoms with Gasteiger partial charge in [0.1, 0.15) is 17.4 Å². The summed E-state index contributed by atoms with van der Waals surface area (Å²) in [6, 6.07) is 5.91. The third kappa shape index (κ3) is 2.18. The van der Waals surface area contributed by atoms with Crippen molar-refractivity contribution < 1.29 is 9.84 Å². The van der Waals surface area contributed by atoms with Crippen LogP contribution in [0.1, 0.15) is 28.7 Å². The van der Waals surface area contributed by atoms with E-state index in [1.165, 1.54) is 5.56 Å². The van der Waals surface area contributed by atoms with Gasteiger partial charge in [-0.05, 0) is 36.1 Å². The van der Waals surface area contributed by atoms with Gasteiger partial charge in [-0.1, -0.05) is 6.07 Å². The number of hydrogen-bond acceptors (Lipinski definition) is 4. The van der Waals surface area contributed by atoms with E-state index >= 15 is 0 Å². The number of aryl methyl sites for hydroxylation is 1. The maximum absolute atomic E-state index is 9.70. The fourth-order valence-electron chi connectivity index (χ4n) is 2.13. The van der Waals surface area contributed by atoms with Crippen molar-refractivity contribution in [3.05, 3.63) is 45.9 Å². The molecular formula is C13H13NO2S. The van der Waals surface area contributed by atoms with E-state index in [2.05, 4.69) is 4.98 Å². The van der Waals surface area contributed by atoms with Gasteiger partial charge in [0.15, 0.2) is 0 Å². The second-order valence-corrected chi connectivity index (χ2v) is 5.11. The molecule has 1 aliphatic rings. The molecule has 1 heterocycles. The third-order valence-corrected chi connectivity index (χ3v) is 3.76. The van der Waals surface area contributed by atoms with Crippen LogP contribution in [0.2, 0.25) is 0 Å². The van der Waals surface area contributed by atoms with E-state index in [4.69, 9.17) is 4.74 Å². The topological polar surface area (TPSA) is 42.4 Å². The zero-order valence-electron chi connectivity index (χ0n) is 9.30. The van der Waals surface area contributed by atoms with E-state index in [9.17, 15) is 5.11 Å². The summed E-state index contributed by atoms with van der Waals surface area (Å²) in [4.78, 5) is 4.17. The second-order valence-electron chi connectivity index (χ2n) is 4.13. The normalized spacial score (nSPS) is 18.1. The summed E-state index contributed by atoms with van der Waals surface area (Å²) in [7, 11) is 0. The molecule has 0 radical (unpaired) electrons. The number of hydrogen-bond donors (Lipinski definition) is 1. The molecule has 0 unspecified atom stereocenters. The first kappa shape index (κ1) is 10.7. The highest BCUT2D eigenvalue weighted by atomic mass is 32.1. The Kier molecular flexibility index (Phi) is 2.82. The molecule has 1 aromatic carbocycles. The molecule has 1 aliphatic carbocycles. The van der Waals surface area contributed by atoms with Crippen molar-refractivity contribution in [1.82, 2.24) is 4.98 Å². The summed E-state index contributed by atoms with van der Waals surface area (Å²) in [5.74, 6) is 0.855. The van der Waals surface area contributed by atoms with Crippen molar-refractivity contribution in [2.45, 2.75) is 25.6 Å². The number of benzene rings is 1. The van der Waals surface area contributed by atoms with E-state index in [1.54, 1.807) is 17.5 Å². The van der Waals surface area contributed by atoms with Crippen molar-refractivity contribution in [3.8, 4) is 5.75 Å². The molecule has 2 aromatic rings. The van der Waals surface area contributed by atoms with Gasteiger partial charge in [0.05, 0.1) is 6.10 Å². The highest BCUT2D eigenvalue weighted by Gasteiger charge is 2.20. The van der Waals surface area contributed by atoms with Crippen LogP contribution in [0, 0.1) is 0 Å². The van der Waals surface area contributed by atoms with Gasteiger partial charge < -0.3 is 9.84 Å². The zero-order valence-corrected chi connectivity index (χ0v) is 10.1. The van der Waals surface area contributed by atoms with E-state index < -0.39 is 0 Å². The van der Waals surface area contributed by atoms with Gasteiger partial charge in [0, 0.05) is 11.6 Å². The Balaban J connectivity index is 1.72. The average molecular weight is 247 g/mol. The maximum atomic E-state index is 9.70. The van der Waals surface area contributed by atoms with Gasteiger partial charge in [-0.25, -0.2) is 4.98 Å². The highest BCUT2D eigenvalue weighted by Crippen LogP contribution is 2.33. The van der Waals surface area contributed by atoms with Gasteiger partial charge >= 0.3 is 0 Å². The molecule has 0 aliphatic heterocycles. The van der Waals surface area contributed by atoms with Crippen LogP contribution in [0.15, 0.2) is 29.8 Å².